The second kappa shape index (κ2) is 19.3. The maximum atomic E-state index is 14.1. The van der Waals surface area contributed by atoms with Crippen LogP contribution >= 0.6 is 0 Å². The molecule has 15 heteroatoms. The molecular weight excluding hydrogens is 897 g/mol. The highest BCUT2D eigenvalue weighted by Gasteiger charge is 2.43. The van der Waals surface area contributed by atoms with Crippen LogP contribution in [-0.4, -0.2) is 93.1 Å². The van der Waals surface area contributed by atoms with Crippen molar-refractivity contribution < 1.29 is 28.7 Å². The Kier molecular flexibility index (Phi) is 12.9. The van der Waals surface area contributed by atoms with Gasteiger partial charge in [0.2, 0.25) is 11.8 Å². The van der Waals surface area contributed by atoms with Gasteiger partial charge in [0.05, 0.1) is 49.1 Å². The van der Waals surface area contributed by atoms with Crippen LogP contribution in [0.1, 0.15) is 114 Å². The van der Waals surface area contributed by atoms with Gasteiger partial charge in [0.1, 0.15) is 23.7 Å². The minimum Gasteiger partial charge on any atom is -0.453 e. The van der Waals surface area contributed by atoms with Crippen LogP contribution in [0.2, 0.25) is 0 Å². The highest BCUT2D eigenvalue weighted by Crippen LogP contribution is 2.54. The third-order valence-electron chi connectivity index (χ3n) is 15.8. The van der Waals surface area contributed by atoms with Crippen molar-refractivity contribution in [2.75, 3.05) is 27.3 Å². The second-order valence-corrected chi connectivity index (χ2v) is 20.8. The first-order chi connectivity index (χ1) is 34.3. The summed E-state index contributed by atoms with van der Waals surface area (Å²) < 4.78 is 9.64. The third kappa shape index (κ3) is 8.81. The van der Waals surface area contributed by atoms with E-state index in [-0.39, 0.29) is 40.7 Å². The molecule has 4 unspecified atom stereocenters. The number of imidazole rings is 1. The largest absolute Gasteiger partial charge is 0.453 e. The summed E-state index contributed by atoms with van der Waals surface area (Å²) >= 11 is 0. The Balaban J connectivity index is 0.968. The third-order valence-corrected chi connectivity index (χ3v) is 15.8. The van der Waals surface area contributed by atoms with Gasteiger partial charge in [0.15, 0.2) is 0 Å². The highest BCUT2D eigenvalue weighted by atomic mass is 16.5. The fraction of sp³-hybridized carbons (Fsp3) is 0.446. The molecule has 4 atom stereocenters. The van der Waals surface area contributed by atoms with Crippen molar-refractivity contribution in [1.82, 2.24) is 40.4 Å². The van der Waals surface area contributed by atoms with Crippen LogP contribution in [0.15, 0.2) is 77.7 Å². The van der Waals surface area contributed by atoms with Crippen molar-refractivity contribution in [2.24, 2.45) is 17.3 Å². The molecule has 370 valence electrons. The first kappa shape index (κ1) is 47.6. The zero-order chi connectivity index (χ0) is 49.7. The number of aromatic nitrogens is 4. The molecule has 4 heterocycles. The Bertz CT molecular complexity index is 3110. The Morgan fingerprint density at radius 2 is 1.21 bits per heavy atom. The molecule has 4 aliphatic rings. The monoisotopic (exact) mass is 960 g/mol. The summed E-state index contributed by atoms with van der Waals surface area (Å²) in [6.07, 6.45) is 10.4. The van der Waals surface area contributed by atoms with Crippen LogP contribution in [0.5, 0.6) is 0 Å². The number of ether oxygens (including phenoxy) is 2. The summed E-state index contributed by atoms with van der Waals surface area (Å²) in [6.45, 7) is 8.65. The second-order valence-electron chi connectivity index (χ2n) is 20.8. The number of nitrogens with zero attached hydrogens (tertiary/aromatic N) is 4. The smallest absolute Gasteiger partial charge is 0.407 e. The molecule has 2 aromatic heterocycles. The lowest BCUT2D eigenvalue weighted by atomic mass is 9.82. The lowest BCUT2D eigenvalue weighted by Gasteiger charge is -2.30. The molecule has 71 heavy (non-hydrogen) atoms. The molecule has 3 fully saturated rings. The van der Waals surface area contributed by atoms with Gasteiger partial charge in [-0.2, -0.15) is 0 Å². The standard InChI is InChI=1S/C56H64N8O7/c1-31(2)47(60-54(68)70-5)52(66)63-25-11-15-45(63)49-57-30-44(59-49)39-21-20-37(35-13-7-8-14-36(35)39)38-19-18-34(41-28-56(29-42(38)41)23-9-10-24-56)33-17-22-43-40(27-33)51(65)62-50(58-43)46-16-12-26-64(46)53(67)48(32(3)4)61-55(69)71-6/h7-8,13-14,17-22,27,30-32,45-48H,9-12,15-16,23-26,28-29H2,1-6H3,(H,57,59)(H,60,68)(H,61,69)(H,58,62,65). The van der Waals surface area contributed by atoms with E-state index in [1.165, 1.54) is 62.2 Å². The molecule has 0 bridgehead atoms. The Morgan fingerprint density at radius 3 is 1.82 bits per heavy atom. The van der Waals surface area contributed by atoms with Crippen LogP contribution in [0, 0.1) is 17.3 Å². The maximum absolute atomic E-state index is 14.1. The maximum Gasteiger partial charge on any atom is 0.407 e. The van der Waals surface area contributed by atoms with Crippen molar-refractivity contribution in [3.8, 4) is 33.5 Å². The summed E-state index contributed by atoms with van der Waals surface area (Å²) in [5.41, 5.74) is 9.61. The average molecular weight is 961 g/mol. The molecule has 1 spiro atoms. The number of benzene rings is 4. The molecule has 2 saturated heterocycles. The number of H-pyrrole nitrogens is 2. The molecule has 2 aliphatic heterocycles. The highest BCUT2D eigenvalue weighted by molar-refractivity contribution is 6.05. The van der Waals surface area contributed by atoms with Gasteiger partial charge in [-0.15, -0.1) is 0 Å². The number of amides is 4. The number of methoxy groups -OCH3 is 2. The summed E-state index contributed by atoms with van der Waals surface area (Å²) in [5.74, 6) is 0.493. The summed E-state index contributed by atoms with van der Waals surface area (Å²) in [6, 6.07) is 21.3. The Hall–Kier alpha value is -7.03. The van der Waals surface area contributed by atoms with Gasteiger partial charge in [-0.05, 0) is 125 Å². The quantitative estimate of drug-likeness (QED) is 0.0979. The van der Waals surface area contributed by atoms with Crippen LogP contribution in [0.3, 0.4) is 0 Å². The van der Waals surface area contributed by atoms with E-state index in [0.29, 0.717) is 36.2 Å². The number of carbonyl (C=O) groups is 4. The molecular formula is C56H64N8O7. The van der Waals surface area contributed by atoms with Crippen LogP contribution < -0.4 is 16.2 Å². The number of fused-ring (bicyclic) bond motifs is 3. The molecule has 4 N–H and O–H groups in total. The fourth-order valence-corrected chi connectivity index (χ4v) is 12.2. The van der Waals surface area contributed by atoms with Gasteiger partial charge < -0.3 is 39.9 Å². The Labute approximate surface area is 413 Å². The molecule has 2 aliphatic carbocycles. The molecule has 15 nitrogen and oxygen atoms in total. The van der Waals surface area contributed by atoms with E-state index in [4.69, 9.17) is 19.4 Å². The lowest BCUT2D eigenvalue weighted by molar-refractivity contribution is -0.136. The van der Waals surface area contributed by atoms with E-state index >= 15 is 0 Å². The fourth-order valence-electron chi connectivity index (χ4n) is 12.2. The molecule has 0 radical (unpaired) electrons. The zero-order valence-electron chi connectivity index (χ0n) is 41.5. The van der Waals surface area contributed by atoms with E-state index in [2.05, 4.69) is 75.2 Å². The first-order valence-electron chi connectivity index (χ1n) is 25.3. The molecule has 10 rings (SSSR count). The van der Waals surface area contributed by atoms with Gasteiger partial charge in [-0.1, -0.05) is 95.1 Å². The summed E-state index contributed by atoms with van der Waals surface area (Å²) in [7, 11) is 2.57. The summed E-state index contributed by atoms with van der Waals surface area (Å²) in [4.78, 5) is 86.2. The minimum atomic E-state index is -0.776. The molecule has 4 aromatic carbocycles. The summed E-state index contributed by atoms with van der Waals surface area (Å²) in [5, 5.41) is 8.15. The number of likely N-dealkylation sites (tertiary alicyclic amines) is 2. The lowest BCUT2D eigenvalue weighted by Crippen LogP contribution is -2.51. The predicted octanol–water partition coefficient (Wildman–Crippen LogP) is 9.55. The Morgan fingerprint density at radius 1 is 0.662 bits per heavy atom. The van der Waals surface area contributed by atoms with Gasteiger partial charge in [-0.25, -0.2) is 19.6 Å². The number of hydrogen-bond donors (Lipinski definition) is 4. The van der Waals surface area contributed by atoms with E-state index in [0.717, 1.165) is 71.1 Å². The van der Waals surface area contributed by atoms with Gasteiger partial charge in [0.25, 0.3) is 5.56 Å². The number of hydrogen-bond acceptors (Lipinski definition) is 9. The van der Waals surface area contributed by atoms with E-state index in [9.17, 15) is 24.0 Å². The number of aromatic amines is 2. The van der Waals surface area contributed by atoms with Crippen LogP contribution in [0.25, 0.3) is 55.2 Å². The van der Waals surface area contributed by atoms with Crippen LogP contribution in [-0.2, 0) is 31.9 Å². The number of carbonyl (C=O) groups excluding carboxylic acids is 4. The van der Waals surface area contributed by atoms with E-state index < -0.39 is 30.3 Å². The average Bonchev–Trinajstić information content (AvgIpc) is 4.25. The van der Waals surface area contributed by atoms with Gasteiger partial charge in [0, 0.05) is 18.7 Å². The molecule has 1 saturated carbocycles. The number of alkyl carbamates (subject to hydrolysis) is 2. The van der Waals surface area contributed by atoms with Crippen molar-refractivity contribution in [2.45, 2.75) is 116 Å². The van der Waals surface area contributed by atoms with Crippen molar-refractivity contribution in [1.29, 1.82) is 0 Å². The predicted molar refractivity (Wildman–Crippen MR) is 272 cm³/mol. The molecule has 4 amide bonds. The number of nitrogens with one attached hydrogen (secondary N) is 4. The minimum absolute atomic E-state index is 0.128. The first-order valence-corrected chi connectivity index (χ1v) is 25.3. The van der Waals surface area contributed by atoms with Crippen molar-refractivity contribution in [3.05, 3.63) is 106 Å². The van der Waals surface area contributed by atoms with Crippen molar-refractivity contribution in [3.63, 3.8) is 0 Å². The van der Waals surface area contributed by atoms with Crippen LogP contribution in [0.4, 0.5) is 9.59 Å². The number of rotatable bonds is 11. The normalized spacial score (nSPS) is 19.2. The van der Waals surface area contributed by atoms with Crippen molar-refractivity contribution >= 4 is 45.7 Å². The van der Waals surface area contributed by atoms with Gasteiger partial charge in [-0.3, -0.25) is 14.4 Å². The SMILES string of the molecule is COC(=O)NC(C(=O)N1CCCC1c1ncc(-c2ccc(-c3ccc(-c4ccc5nc(C6CCCN6C(=O)C(NC(=O)OC)C(C)C)[nH]c(=O)c5c4)c4c3CC3(CCCC3)C4)c3ccccc23)[nH]1)C(C)C. The van der Waals surface area contributed by atoms with Gasteiger partial charge >= 0.3 is 12.2 Å². The topological polar surface area (TPSA) is 192 Å². The van der Waals surface area contributed by atoms with E-state index in [1.54, 1.807) is 4.90 Å². The van der Waals surface area contributed by atoms with E-state index in [1.807, 2.05) is 50.9 Å². The molecule has 6 aromatic rings. The zero-order valence-corrected chi connectivity index (χ0v) is 41.5.